The summed E-state index contributed by atoms with van der Waals surface area (Å²) >= 11 is 0. The maximum atomic E-state index is 12.6. The summed E-state index contributed by atoms with van der Waals surface area (Å²) in [6, 6.07) is 0. The summed E-state index contributed by atoms with van der Waals surface area (Å²) in [4.78, 5) is 28.5. The number of nitrogens with one attached hydrogen (secondary N) is 1. The van der Waals surface area contributed by atoms with Gasteiger partial charge in [0.05, 0.1) is 6.10 Å². The Bertz CT molecular complexity index is 432. The van der Waals surface area contributed by atoms with Crippen molar-refractivity contribution in [1.29, 1.82) is 0 Å². The SMILES string of the molecule is CNC(=O)C1(C(=O)N2CCN(C[C@@H](O)C(C)(C)C)CC2)CC1. The standard InChI is InChI=1S/C16H29N3O3/c1-15(2,3)12(20)11-18-7-9-19(10-8-18)14(22)16(5-6-16)13(21)17-4/h12,20H,5-11H2,1-4H3,(H,17,21)/t12-/m1/s1. The Kier molecular flexibility index (Phi) is 4.82. The molecule has 22 heavy (non-hydrogen) atoms. The van der Waals surface area contributed by atoms with E-state index in [4.69, 9.17) is 0 Å². The van der Waals surface area contributed by atoms with Gasteiger partial charge in [-0.05, 0) is 18.3 Å². The third kappa shape index (κ3) is 3.43. The van der Waals surface area contributed by atoms with Crippen LogP contribution in [-0.4, -0.2) is 72.6 Å². The quantitative estimate of drug-likeness (QED) is 0.720. The van der Waals surface area contributed by atoms with Crippen LogP contribution < -0.4 is 5.32 Å². The molecule has 1 saturated carbocycles. The Morgan fingerprint density at radius 3 is 2.14 bits per heavy atom. The highest BCUT2D eigenvalue weighted by Gasteiger charge is 2.57. The molecule has 1 heterocycles. The van der Waals surface area contributed by atoms with Crippen LogP contribution in [0.4, 0.5) is 0 Å². The molecule has 0 bridgehead atoms. The molecule has 0 unspecified atom stereocenters. The van der Waals surface area contributed by atoms with Crippen molar-refractivity contribution < 1.29 is 14.7 Å². The molecule has 2 amide bonds. The number of hydrogen-bond donors (Lipinski definition) is 2. The summed E-state index contributed by atoms with van der Waals surface area (Å²) in [6.45, 7) is 9.48. The number of hydrogen-bond acceptors (Lipinski definition) is 4. The van der Waals surface area contributed by atoms with Crippen molar-refractivity contribution in [1.82, 2.24) is 15.1 Å². The van der Waals surface area contributed by atoms with Gasteiger partial charge in [-0.25, -0.2) is 0 Å². The molecule has 0 radical (unpaired) electrons. The zero-order valence-electron chi connectivity index (χ0n) is 14.2. The summed E-state index contributed by atoms with van der Waals surface area (Å²) in [5.41, 5.74) is -0.925. The van der Waals surface area contributed by atoms with Gasteiger partial charge in [-0.2, -0.15) is 0 Å². The second-order valence-corrected chi connectivity index (χ2v) is 7.64. The summed E-state index contributed by atoms with van der Waals surface area (Å²) in [7, 11) is 1.58. The van der Waals surface area contributed by atoms with E-state index in [0.717, 1.165) is 13.1 Å². The van der Waals surface area contributed by atoms with E-state index < -0.39 is 5.41 Å². The van der Waals surface area contributed by atoms with Crippen LogP contribution in [0.25, 0.3) is 0 Å². The highest BCUT2D eigenvalue weighted by atomic mass is 16.3. The molecule has 1 aliphatic carbocycles. The molecule has 2 aliphatic rings. The minimum absolute atomic E-state index is 0.0251. The number of piperazine rings is 1. The number of rotatable bonds is 4. The predicted octanol–water partition coefficient (Wildman–Crippen LogP) is 0.0638. The van der Waals surface area contributed by atoms with Crippen LogP contribution in [0.5, 0.6) is 0 Å². The monoisotopic (exact) mass is 311 g/mol. The molecule has 0 aromatic rings. The Hall–Kier alpha value is -1.14. The highest BCUT2D eigenvalue weighted by Crippen LogP contribution is 2.47. The lowest BCUT2D eigenvalue weighted by molar-refractivity contribution is -0.145. The first-order valence-electron chi connectivity index (χ1n) is 8.13. The Labute approximate surface area is 132 Å². The molecule has 1 atom stereocenters. The second kappa shape index (κ2) is 6.16. The fraction of sp³-hybridized carbons (Fsp3) is 0.875. The molecule has 1 aliphatic heterocycles. The molecule has 1 saturated heterocycles. The van der Waals surface area contributed by atoms with E-state index in [0.29, 0.717) is 32.5 Å². The lowest BCUT2D eigenvalue weighted by Gasteiger charge is -2.38. The third-order valence-corrected chi connectivity index (χ3v) is 4.91. The third-order valence-electron chi connectivity index (χ3n) is 4.91. The Morgan fingerprint density at radius 2 is 1.73 bits per heavy atom. The fourth-order valence-electron chi connectivity index (χ4n) is 2.86. The van der Waals surface area contributed by atoms with Gasteiger partial charge >= 0.3 is 0 Å². The van der Waals surface area contributed by atoms with E-state index in [2.05, 4.69) is 10.2 Å². The minimum atomic E-state index is -0.790. The lowest BCUT2D eigenvalue weighted by Crippen LogP contribution is -2.54. The predicted molar refractivity (Wildman–Crippen MR) is 84.2 cm³/mol. The van der Waals surface area contributed by atoms with Crippen molar-refractivity contribution in [2.75, 3.05) is 39.8 Å². The maximum Gasteiger partial charge on any atom is 0.238 e. The number of β-amino-alcohol motifs (C(OH)–C–C–N with tert-alkyl or cyclic N) is 1. The van der Waals surface area contributed by atoms with E-state index in [-0.39, 0.29) is 23.3 Å². The number of carbonyl (C=O) groups is 2. The van der Waals surface area contributed by atoms with Crippen LogP contribution in [0.15, 0.2) is 0 Å². The molecule has 6 nitrogen and oxygen atoms in total. The first-order valence-corrected chi connectivity index (χ1v) is 8.13. The zero-order valence-corrected chi connectivity index (χ0v) is 14.2. The van der Waals surface area contributed by atoms with Crippen LogP contribution in [-0.2, 0) is 9.59 Å². The molecular formula is C16H29N3O3. The summed E-state index contributed by atoms with van der Waals surface area (Å²) in [5, 5.41) is 12.8. The van der Waals surface area contributed by atoms with Gasteiger partial charge < -0.3 is 15.3 Å². The smallest absolute Gasteiger partial charge is 0.238 e. The van der Waals surface area contributed by atoms with Crippen molar-refractivity contribution in [3.63, 3.8) is 0 Å². The van der Waals surface area contributed by atoms with Gasteiger partial charge in [0.15, 0.2) is 0 Å². The molecule has 2 N–H and O–H groups in total. The molecule has 126 valence electrons. The summed E-state index contributed by atoms with van der Waals surface area (Å²) in [5.74, 6) is -0.175. The van der Waals surface area contributed by atoms with Crippen LogP contribution in [0.2, 0.25) is 0 Å². The zero-order chi connectivity index (χ0) is 16.5. The second-order valence-electron chi connectivity index (χ2n) is 7.64. The van der Waals surface area contributed by atoms with E-state index >= 15 is 0 Å². The summed E-state index contributed by atoms with van der Waals surface area (Å²) in [6.07, 6.45) is 0.943. The largest absolute Gasteiger partial charge is 0.391 e. The van der Waals surface area contributed by atoms with Crippen molar-refractivity contribution in [2.24, 2.45) is 10.8 Å². The number of nitrogens with zero attached hydrogens (tertiary/aromatic N) is 2. The minimum Gasteiger partial charge on any atom is -0.391 e. The van der Waals surface area contributed by atoms with Crippen LogP contribution in [0.1, 0.15) is 33.6 Å². The van der Waals surface area contributed by atoms with Crippen molar-refractivity contribution >= 4 is 11.8 Å². The van der Waals surface area contributed by atoms with Crippen molar-refractivity contribution in [2.45, 2.75) is 39.7 Å². The fourth-order valence-corrected chi connectivity index (χ4v) is 2.86. The van der Waals surface area contributed by atoms with Crippen molar-refractivity contribution in [3.8, 4) is 0 Å². The molecule has 0 aromatic carbocycles. The van der Waals surface area contributed by atoms with Gasteiger partial charge in [-0.3, -0.25) is 14.5 Å². The van der Waals surface area contributed by atoms with Gasteiger partial charge in [0, 0.05) is 39.8 Å². The maximum absolute atomic E-state index is 12.6. The first-order chi connectivity index (χ1) is 10.2. The topological polar surface area (TPSA) is 72.9 Å². The molecular weight excluding hydrogens is 282 g/mol. The molecule has 2 rings (SSSR count). The van der Waals surface area contributed by atoms with Gasteiger partial charge in [0.25, 0.3) is 0 Å². The first kappa shape index (κ1) is 17.2. The molecule has 0 aromatic heterocycles. The van der Waals surface area contributed by atoms with Crippen LogP contribution in [0, 0.1) is 10.8 Å². The van der Waals surface area contributed by atoms with E-state index in [1.807, 2.05) is 25.7 Å². The van der Waals surface area contributed by atoms with Gasteiger partial charge in [0.2, 0.25) is 11.8 Å². The average Bonchev–Trinajstić information content (AvgIpc) is 3.27. The van der Waals surface area contributed by atoms with Gasteiger partial charge in [0.1, 0.15) is 5.41 Å². The number of carbonyl (C=O) groups excluding carboxylic acids is 2. The van der Waals surface area contributed by atoms with Gasteiger partial charge in [-0.1, -0.05) is 20.8 Å². The van der Waals surface area contributed by atoms with E-state index in [1.54, 1.807) is 7.05 Å². The van der Waals surface area contributed by atoms with E-state index in [1.165, 1.54) is 0 Å². The van der Waals surface area contributed by atoms with Crippen LogP contribution in [0.3, 0.4) is 0 Å². The number of aliphatic hydroxyl groups is 1. The Balaban J connectivity index is 1.85. The highest BCUT2D eigenvalue weighted by molar-refractivity contribution is 6.07. The average molecular weight is 311 g/mol. The Morgan fingerprint density at radius 1 is 1.18 bits per heavy atom. The van der Waals surface area contributed by atoms with Crippen LogP contribution >= 0.6 is 0 Å². The molecule has 6 heteroatoms. The lowest BCUT2D eigenvalue weighted by atomic mass is 9.89. The van der Waals surface area contributed by atoms with Gasteiger partial charge in [-0.15, -0.1) is 0 Å². The summed E-state index contributed by atoms with van der Waals surface area (Å²) < 4.78 is 0. The molecule has 0 spiro atoms. The normalized spacial score (nSPS) is 23.0. The number of aliphatic hydroxyl groups excluding tert-OH is 1. The van der Waals surface area contributed by atoms with Crippen molar-refractivity contribution in [3.05, 3.63) is 0 Å². The number of amides is 2. The van der Waals surface area contributed by atoms with E-state index in [9.17, 15) is 14.7 Å². The molecule has 2 fully saturated rings.